The maximum atomic E-state index is 13.2. The van der Waals surface area contributed by atoms with Gasteiger partial charge in [0.05, 0.1) is 6.10 Å². The minimum atomic E-state index is -0.195. The predicted octanol–water partition coefficient (Wildman–Crippen LogP) is 5.29. The highest BCUT2D eigenvalue weighted by Gasteiger charge is 2.10. The molecule has 0 aliphatic rings. The Morgan fingerprint density at radius 3 is 2.55 bits per heavy atom. The Bertz CT molecular complexity index is 568. The molecule has 0 amide bonds. The van der Waals surface area contributed by atoms with E-state index in [0.717, 1.165) is 23.3 Å². The number of ether oxygens (including phenoxy) is 1. The van der Waals surface area contributed by atoms with Crippen LogP contribution in [0.3, 0.4) is 0 Å². The topological polar surface area (TPSA) is 9.23 Å². The monoisotopic (exact) mass is 336 g/mol. The van der Waals surface area contributed by atoms with E-state index in [-0.39, 0.29) is 16.7 Å². The third-order valence-corrected chi connectivity index (χ3v) is 3.75. The largest absolute Gasteiger partial charge is 0.491 e. The molecule has 1 nitrogen and oxygen atoms in total. The van der Waals surface area contributed by atoms with Crippen molar-refractivity contribution >= 4 is 15.9 Å². The van der Waals surface area contributed by atoms with Gasteiger partial charge in [0.25, 0.3) is 0 Å². The molecular formula is C17H18BrFO. The van der Waals surface area contributed by atoms with Crippen LogP contribution in [0.4, 0.5) is 4.39 Å². The van der Waals surface area contributed by atoms with Gasteiger partial charge in [-0.05, 0) is 55.7 Å². The van der Waals surface area contributed by atoms with Crippen LogP contribution in [0.5, 0.6) is 5.75 Å². The molecule has 0 saturated carbocycles. The van der Waals surface area contributed by atoms with E-state index in [2.05, 4.69) is 15.9 Å². The Morgan fingerprint density at radius 1 is 1.10 bits per heavy atom. The van der Waals surface area contributed by atoms with Gasteiger partial charge < -0.3 is 4.74 Å². The van der Waals surface area contributed by atoms with Crippen LogP contribution in [-0.4, -0.2) is 6.10 Å². The normalized spacial score (nSPS) is 12.4. The summed E-state index contributed by atoms with van der Waals surface area (Å²) in [6.45, 7) is 4.01. The molecule has 0 saturated heterocycles. The SMILES string of the molecule is CC(C)Oc1cccc(C(Br)Cc2cccc(F)c2)c1. The second kappa shape index (κ2) is 6.89. The number of rotatable bonds is 5. The van der Waals surface area contributed by atoms with Gasteiger partial charge in [-0.2, -0.15) is 0 Å². The molecule has 0 aliphatic carbocycles. The quantitative estimate of drug-likeness (QED) is 0.674. The number of hydrogen-bond acceptors (Lipinski definition) is 1. The average molecular weight is 337 g/mol. The zero-order chi connectivity index (χ0) is 14.5. The van der Waals surface area contributed by atoms with Crippen molar-refractivity contribution in [3.8, 4) is 5.75 Å². The summed E-state index contributed by atoms with van der Waals surface area (Å²) in [7, 11) is 0. The smallest absolute Gasteiger partial charge is 0.123 e. The third kappa shape index (κ3) is 4.34. The molecule has 1 unspecified atom stereocenters. The summed E-state index contributed by atoms with van der Waals surface area (Å²) >= 11 is 3.67. The molecule has 0 bridgehead atoms. The average Bonchev–Trinajstić information content (AvgIpc) is 2.38. The summed E-state index contributed by atoms with van der Waals surface area (Å²) in [5.41, 5.74) is 2.11. The van der Waals surface area contributed by atoms with Crippen molar-refractivity contribution < 1.29 is 9.13 Å². The fourth-order valence-electron chi connectivity index (χ4n) is 2.04. The molecule has 0 spiro atoms. The van der Waals surface area contributed by atoms with Crippen molar-refractivity contribution in [3.63, 3.8) is 0 Å². The first-order chi connectivity index (χ1) is 9.54. The van der Waals surface area contributed by atoms with Crippen LogP contribution in [0.15, 0.2) is 48.5 Å². The highest BCUT2D eigenvalue weighted by Crippen LogP contribution is 2.29. The first-order valence-electron chi connectivity index (χ1n) is 6.69. The molecule has 0 N–H and O–H groups in total. The second-order valence-electron chi connectivity index (χ2n) is 5.04. The Labute approximate surface area is 127 Å². The first kappa shape index (κ1) is 15.0. The van der Waals surface area contributed by atoms with Gasteiger partial charge >= 0.3 is 0 Å². The van der Waals surface area contributed by atoms with Gasteiger partial charge in [0.2, 0.25) is 0 Å². The van der Waals surface area contributed by atoms with Crippen molar-refractivity contribution in [2.75, 3.05) is 0 Å². The molecule has 20 heavy (non-hydrogen) atoms. The molecular weight excluding hydrogens is 319 g/mol. The second-order valence-corrected chi connectivity index (χ2v) is 6.15. The van der Waals surface area contributed by atoms with Crippen LogP contribution in [0.2, 0.25) is 0 Å². The lowest BCUT2D eigenvalue weighted by molar-refractivity contribution is 0.242. The number of halogens is 2. The predicted molar refractivity (Wildman–Crippen MR) is 84.0 cm³/mol. The molecule has 0 radical (unpaired) electrons. The van der Waals surface area contributed by atoms with Crippen LogP contribution in [0.1, 0.15) is 29.8 Å². The van der Waals surface area contributed by atoms with Crippen LogP contribution >= 0.6 is 15.9 Å². The van der Waals surface area contributed by atoms with E-state index in [4.69, 9.17) is 4.74 Å². The minimum absolute atomic E-state index is 0.139. The Morgan fingerprint density at radius 2 is 1.85 bits per heavy atom. The van der Waals surface area contributed by atoms with Crippen molar-refractivity contribution in [1.29, 1.82) is 0 Å². The molecule has 2 rings (SSSR count). The standard InChI is InChI=1S/C17H18BrFO/c1-12(2)20-16-8-4-6-14(11-16)17(18)10-13-5-3-7-15(19)9-13/h3-9,11-12,17H,10H2,1-2H3. The van der Waals surface area contributed by atoms with E-state index >= 15 is 0 Å². The minimum Gasteiger partial charge on any atom is -0.491 e. The Kier molecular flexibility index (Phi) is 5.18. The van der Waals surface area contributed by atoms with E-state index in [1.807, 2.05) is 44.2 Å². The molecule has 0 heterocycles. The van der Waals surface area contributed by atoms with E-state index < -0.39 is 0 Å². The summed E-state index contributed by atoms with van der Waals surface area (Å²) in [6.07, 6.45) is 0.894. The summed E-state index contributed by atoms with van der Waals surface area (Å²) in [5.74, 6) is 0.667. The number of benzene rings is 2. The van der Waals surface area contributed by atoms with Gasteiger partial charge in [0.15, 0.2) is 0 Å². The lowest BCUT2D eigenvalue weighted by Crippen LogP contribution is -2.06. The number of alkyl halides is 1. The van der Waals surface area contributed by atoms with Gasteiger partial charge in [-0.1, -0.05) is 40.2 Å². The molecule has 106 valence electrons. The Hall–Kier alpha value is -1.35. The zero-order valence-corrected chi connectivity index (χ0v) is 13.2. The maximum absolute atomic E-state index is 13.2. The highest BCUT2D eigenvalue weighted by atomic mass is 79.9. The summed E-state index contributed by atoms with van der Waals surface area (Å²) in [5, 5.41) is 0. The Balaban J connectivity index is 2.10. The third-order valence-electron chi connectivity index (χ3n) is 2.90. The van der Waals surface area contributed by atoms with Gasteiger partial charge in [-0.25, -0.2) is 4.39 Å². The number of hydrogen-bond donors (Lipinski definition) is 0. The highest BCUT2D eigenvalue weighted by molar-refractivity contribution is 9.09. The van der Waals surface area contributed by atoms with Crippen molar-refractivity contribution in [3.05, 3.63) is 65.5 Å². The summed E-state index contributed by atoms with van der Waals surface area (Å²) in [4.78, 5) is 0.139. The lowest BCUT2D eigenvalue weighted by atomic mass is 10.0. The van der Waals surface area contributed by atoms with E-state index in [1.54, 1.807) is 12.1 Å². The van der Waals surface area contributed by atoms with Crippen LogP contribution in [-0.2, 0) is 6.42 Å². The summed E-state index contributed by atoms with van der Waals surface area (Å²) < 4.78 is 18.9. The molecule has 2 aromatic rings. The van der Waals surface area contributed by atoms with Crippen molar-refractivity contribution in [1.82, 2.24) is 0 Å². The maximum Gasteiger partial charge on any atom is 0.123 e. The first-order valence-corrected chi connectivity index (χ1v) is 7.61. The van der Waals surface area contributed by atoms with Gasteiger partial charge in [-0.3, -0.25) is 0 Å². The lowest BCUT2D eigenvalue weighted by Gasteiger charge is -2.14. The van der Waals surface area contributed by atoms with Gasteiger partial charge in [-0.15, -0.1) is 0 Å². The van der Waals surface area contributed by atoms with Gasteiger partial charge in [0.1, 0.15) is 11.6 Å². The van der Waals surface area contributed by atoms with Gasteiger partial charge in [0, 0.05) is 4.83 Å². The van der Waals surface area contributed by atoms with Crippen molar-refractivity contribution in [2.45, 2.75) is 31.2 Å². The van der Waals surface area contributed by atoms with Crippen LogP contribution in [0.25, 0.3) is 0 Å². The van der Waals surface area contributed by atoms with E-state index in [9.17, 15) is 4.39 Å². The van der Waals surface area contributed by atoms with Crippen molar-refractivity contribution in [2.24, 2.45) is 0 Å². The van der Waals surface area contributed by atoms with E-state index in [0.29, 0.717) is 0 Å². The zero-order valence-electron chi connectivity index (χ0n) is 11.6. The molecule has 0 fully saturated rings. The molecule has 0 aromatic heterocycles. The molecule has 3 heteroatoms. The fraction of sp³-hybridized carbons (Fsp3) is 0.294. The molecule has 0 aliphatic heterocycles. The molecule has 2 aromatic carbocycles. The van der Waals surface area contributed by atoms with E-state index in [1.165, 1.54) is 6.07 Å². The fourth-order valence-corrected chi connectivity index (χ4v) is 2.70. The van der Waals surface area contributed by atoms with Crippen LogP contribution < -0.4 is 4.74 Å². The van der Waals surface area contributed by atoms with Crippen LogP contribution in [0, 0.1) is 5.82 Å². The summed E-state index contributed by atoms with van der Waals surface area (Å²) in [6, 6.07) is 14.7. The molecule has 1 atom stereocenters.